The van der Waals surface area contributed by atoms with Crippen molar-refractivity contribution in [2.75, 3.05) is 20.3 Å². The minimum absolute atomic E-state index is 0.0992. The van der Waals surface area contributed by atoms with Gasteiger partial charge in [0.1, 0.15) is 5.41 Å². The highest BCUT2D eigenvalue weighted by Gasteiger charge is 2.59. The van der Waals surface area contributed by atoms with Crippen LogP contribution in [0.5, 0.6) is 0 Å². The van der Waals surface area contributed by atoms with E-state index in [4.69, 9.17) is 9.47 Å². The van der Waals surface area contributed by atoms with Crippen LogP contribution in [0.1, 0.15) is 25.7 Å². The Bertz CT molecular complexity index is 272. The first-order chi connectivity index (χ1) is 7.16. The second kappa shape index (κ2) is 3.75. The van der Waals surface area contributed by atoms with Gasteiger partial charge in [0.05, 0.1) is 24.4 Å². The molecule has 1 unspecified atom stereocenters. The van der Waals surface area contributed by atoms with Crippen LogP contribution < -0.4 is 0 Å². The zero-order valence-corrected chi connectivity index (χ0v) is 9.03. The van der Waals surface area contributed by atoms with Gasteiger partial charge < -0.3 is 14.6 Å². The fraction of sp³-hybridized carbons (Fsp3) is 0.909. The summed E-state index contributed by atoms with van der Waals surface area (Å²) in [6, 6.07) is 2.27. The summed E-state index contributed by atoms with van der Waals surface area (Å²) in [5, 5.41) is 19.7. The zero-order valence-electron chi connectivity index (χ0n) is 9.03. The molecular weight excluding hydrogens is 194 g/mol. The molecule has 0 radical (unpaired) electrons. The summed E-state index contributed by atoms with van der Waals surface area (Å²) in [5.74, 6) is 0. The van der Waals surface area contributed by atoms with E-state index in [9.17, 15) is 10.4 Å². The van der Waals surface area contributed by atoms with Gasteiger partial charge in [-0.3, -0.25) is 0 Å². The van der Waals surface area contributed by atoms with Gasteiger partial charge in [-0.25, -0.2) is 0 Å². The molecule has 2 aliphatic rings. The molecule has 15 heavy (non-hydrogen) atoms. The monoisotopic (exact) mass is 211 g/mol. The molecule has 1 aliphatic heterocycles. The van der Waals surface area contributed by atoms with Crippen LogP contribution in [-0.4, -0.2) is 37.1 Å². The first kappa shape index (κ1) is 10.9. The van der Waals surface area contributed by atoms with Gasteiger partial charge in [-0.1, -0.05) is 0 Å². The standard InChI is InChI=1S/C11H17NO3/c1-14-9-5-11(13,6-9)10(7-12)3-2-4-15-8-10/h9,13H,2-6,8H2,1H3. The van der Waals surface area contributed by atoms with Crippen LogP contribution in [0.3, 0.4) is 0 Å². The predicted octanol–water partition coefficient (Wildman–Crippen LogP) is 0.847. The first-order valence-electron chi connectivity index (χ1n) is 5.40. The van der Waals surface area contributed by atoms with E-state index >= 15 is 0 Å². The van der Waals surface area contributed by atoms with Crippen molar-refractivity contribution < 1.29 is 14.6 Å². The van der Waals surface area contributed by atoms with Crippen LogP contribution in [-0.2, 0) is 9.47 Å². The largest absolute Gasteiger partial charge is 0.388 e. The Morgan fingerprint density at radius 1 is 1.53 bits per heavy atom. The van der Waals surface area contributed by atoms with E-state index in [1.54, 1.807) is 7.11 Å². The fourth-order valence-electron chi connectivity index (χ4n) is 2.60. The lowest BCUT2D eigenvalue weighted by atomic mass is 9.58. The van der Waals surface area contributed by atoms with E-state index in [1.807, 2.05) is 0 Å². The van der Waals surface area contributed by atoms with Crippen molar-refractivity contribution in [3.05, 3.63) is 0 Å². The van der Waals surface area contributed by atoms with Crippen LogP contribution in [0.2, 0.25) is 0 Å². The van der Waals surface area contributed by atoms with Crippen LogP contribution in [0.4, 0.5) is 0 Å². The lowest BCUT2D eigenvalue weighted by molar-refractivity contribution is -0.205. The molecule has 0 aromatic carbocycles. The summed E-state index contributed by atoms with van der Waals surface area (Å²) in [5.41, 5.74) is -1.61. The normalized spacial score (nSPS) is 45.5. The third-order valence-electron chi connectivity index (χ3n) is 3.81. The summed E-state index contributed by atoms with van der Waals surface area (Å²) >= 11 is 0. The van der Waals surface area contributed by atoms with Crippen molar-refractivity contribution in [2.45, 2.75) is 37.4 Å². The topological polar surface area (TPSA) is 62.5 Å². The molecule has 84 valence electrons. The fourth-order valence-corrected chi connectivity index (χ4v) is 2.60. The number of hydrogen-bond donors (Lipinski definition) is 1. The SMILES string of the molecule is COC1CC(O)(C2(C#N)CCCOC2)C1. The molecule has 1 saturated carbocycles. The third-order valence-corrected chi connectivity index (χ3v) is 3.81. The van der Waals surface area contributed by atoms with E-state index in [0.29, 0.717) is 26.1 Å². The van der Waals surface area contributed by atoms with Gasteiger partial charge in [-0.05, 0) is 12.8 Å². The summed E-state index contributed by atoms with van der Waals surface area (Å²) in [4.78, 5) is 0. The minimum Gasteiger partial charge on any atom is -0.388 e. The first-order valence-corrected chi connectivity index (χ1v) is 5.40. The molecule has 0 bridgehead atoms. The van der Waals surface area contributed by atoms with E-state index in [2.05, 4.69) is 6.07 Å². The second-order valence-electron chi connectivity index (χ2n) is 4.65. The average molecular weight is 211 g/mol. The van der Waals surface area contributed by atoms with E-state index in [1.165, 1.54) is 0 Å². The highest BCUT2D eigenvalue weighted by Crippen LogP contribution is 2.50. The second-order valence-corrected chi connectivity index (χ2v) is 4.65. The summed E-state index contributed by atoms with van der Waals surface area (Å²) in [7, 11) is 1.64. The maximum atomic E-state index is 10.4. The molecule has 1 heterocycles. The summed E-state index contributed by atoms with van der Waals surface area (Å²) < 4.78 is 10.5. The van der Waals surface area contributed by atoms with Gasteiger partial charge in [0.25, 0.3) is 0 Å². The molecule has 4 heteroatoms. The van der Waals surface area contributed by atoms with Gasteiger partial charge in [-0.15, -0.1) is 0 Å². The van der Waals surface area contributed by atoms with Crippen molar-refractivity contribution in [1.29, 1.82) is 5.26 Å². The molecule has 1 aliphatic carbocycles. The Morgan fingerprint density at radius 2 is 2.27 bits per heavy atom. The number of rotatable bonds is 2. The van der Waals surface area contributed by atoms with E-state index in [0.717, 1.165) is 12.8 Å². The number of aliphatic hydroxyl groups is 1. The molecular formula is C11H17NO3. The van der Waals surface area contributed by atoms with Crippen molar-refractivity contribution in [1.82, 2.24) is 0 Å². The Labute approximate surface area is 89.8 Å². The van der Waals surface area contributed by atoms with Crippen molar-refractivity contribution >= 4 is 0 Å². The molecule has 2 rings (SSSR count). The lowest BCUT2D eigenvalue weighted by Crippen LogP contribution is -2.61. The van der Waals surface area contributed by atoms with Gasteiger partial charge in [0.2, 0.25) is 0 Å². The summed E-state index contributed by atoms with van der Waals surface area (Å²) in [6.07, 6.45) is 2.80. The van der Waals surface area contributed by atoms with Crippen molar-refractivity contribution in [2.24, 2.45) is 5.41 Å². The summed E-state index contributed by atoms with van der Waals surface area (Å²) in [6.45, 7) is 1.06. The van der Waals surface area contributed by atoms with Crippen molar-refractivity contribution in [3.63, 3.8) is 0 Å². The van der Waals surface area contributed by atoms with Gasteiger partial charge in [0.15, 0.2) is 0 Å². The molecule has 1 atom stereocenters. The number of nitrogens with zero attached hydrogens (tertiary/aromatic N) is 1. The number of hydrogen-bond acceptors (Lipinski definition) is 4. The Balaban J connectivity index is 2.10. The molecule has 1 N–H and O–H groups in total. The van der Waals surface area contributed by atoms with Gasteiger partial charge in [0, 0.05) is 26.6 Å². The smallest absolute Gasteiger partial charge is 0.109 e. The van der Waals surface area contributed by atoms with Crippen LogP contribution in [0.25, 0.3) is 0 Å². The Hall–Kier alpha value is -0.630. The number of methoxy groups -OCH3 is 1. The lowest BCUT2D eigenvalue weighted by Gasteiger charge is -2.53. The van der Waals surface area contributed by atoms with Gasteiger partial charge in [-0.2, -0.15) is 5.26 Å². The highest BCUT2D eigenvalue weighted by molar-refractivity contribution is 5.17. The minimum atomic E-state index is -0.900. The molecule has 0 spiro atoms. The maximum absolute atomic E-state index is 10.4. The maximum Gasteiger partial charge on any atom is 0.109 e. The van der Waals surface area contributed by atoms with Crippen LogP contribution in [0.15, 0.2) is 0 Å². The predicted molar refractivity (Wildman–Crippen MR) is 53.1 cm³/mol. The molecule has 1 saturated heterocycles. The molecule has 4 nitrogen and oxygen atoms in total. The Morgan fingerprint density at radius 3 is 2.73 bits per heavy atom. The molecule has 0 amide bonds. The number of nitriles is 1. The third kappa shape index (κ3) is 1.55. The van der Waals surface area contributed by atoms with Gasteiger partial charge >= 0.3 is 0 Å². The van der Waals surface area contributed by atoms with E-state index in [-0.39, 0.29) is 6.10 Å². The van der Waals surface area contributed by atoms with Crippen LogP contribution >= 0.6 is 0 Å². The van der Waals surface area contributed by atoms with Crippen LogP contribution in [0, 0.1) is 16.7 Å². The highest BCUT2D eigenvalue weighted by atomic mass is 16.5. The number of ether oxygens (including phenoxy) is 2. The zero-order chi connectivity index (χ0) is 10.9. The quantitative estimate of drug-likeness (QED) is 0.735. The molecule has 0 aromatic rings. The van der Waals surface area contributed by atoms with Crippen molar-refractivity contribution in [3.8, 4) is 6.07 Å². The van der Waals surface area contributed by atoms with E-state index < -0.39 is 11.0 Å². The molecule has 2 fully saturated rings. The average Bonchev–Trinajstić information content (AvgIpc) is 2.25. The Kier molecular flexibility index (Phi) is 2.72. The molecule has 0 aromatic heterocycles.